The molecule has 1 aromatic carbocycles. The van der Waals surface area contributed by atoms with Crippen molar-refractivity contribution in [2.24, 2.45) is 0 Å². The fraction of sp³-hybridized carbons (Fsp3) is 0.100. The zero-order valence-corrected chi connectivity index (χ0v) is 9.65. The van der Waals surface area contributed by atoms with Gasteiger partial charge >= 0.3 is 0 Å². The molecule has 0 unspecified atom stereocenters. The maximum Gasteiger partial charge on any atom is 0.231 e. The summed E-state index contributed by atoms with van der Waals surface area (Å²) in [6, 6.07) is 5.33. The monoisotopic (exact) mass is 282 g/mol. The average Bonchev–Trinajstić information content (AvgIpc) is 2.84. The van der Waals surface area contributed by atoms with Crippen molar-refractivity contribution in [1.82, 2.24) is 5.16 Å². The van der Waals surface area contributed by atoms with Crippen molar-refractivity contribution < 1.29 is 14.0 Å². The topological polar surface area (TPSA) is 70.5 Å². The first-order chi connectivity index (χ1) is 7.74. The van der Waals surface area contributed by atoms with Crippen molar-refractivity contribution in [3.63, 3.8) is 0 Å². The summed E-state index contributed by atoms with van der Waals surface area (Å²) in [4.78, 5) is 0. The Kier molecular flexibility index (Phi) is 2.03. The number of ether oxygens (including phenoxy) is 2. The number of rotatable bonds is 1. The van der Waals surface area contributed by atoms with Crippen molar-refractivity contribution >= 4 is 21.8 Å². The molecule has 0 fully saturated rings. The molecule has 0 amide bonds. The van der Waals surface area contributed by atoms with Crippen molar-refractivity contribution in [1.29, 1.82) is 0 Å². The first-order valence-corrected chi connectivity index (χ1v) is 5.35. The quantitative estimate of drug-likeness (QED) is 0.870. The van der Waals surface area contributed by atoms with Crippen LogP contribution in [0, 0.1) is 0 Å². The summed E-state index contributed by atoms with van der Waals surface area (Å²) in [6.45, 7) is 0.242. The predicted octanol–water partition coefficient (Wildman–Crippen LogP) is 2.42. The highest BCUT2D eigenvalue weighted by Crippen LogP contribution is 2.40. The number of fused-ring (bicyclic) bond motifs is 1. The van der Waals surface area contributed by atoms with Gasteiger partial charge in [0.1, 0.15) is 5.69 Å². The van der Waals surface area contributed by atoms with Gasteiger partial charge in [0, 0.05) is 16.1 Å². The Balaban J connectivity index is 2.14. The molecule has 82 valence electrons. The minimum Gasteiger partial charge on any atom is -0.454 e. The largest absolute Gasteiger partial charge is 0.454 e. The molecule has 0 bridgehead atoms. The number of aromatic nitrogens is 1. The van der Waals surface area contributed by atoms with Crippen LogP contribution in [0.5, 0.6) is 11.5 Å². The second-order valence-corrected chi connectivity index (χ2v) is 4.15. The molecule has 0 atom stereocenters. The lowest BCUT2D eigenvalue weighted by atomic mass is 10.1. The Bertz CT molecular complexity index is 553. The molecule has 0 saturated carbocycles. The Labute approximate surface area is 99.2 Å². The highest BCUT2D eigenvalue weighted by Gasteiger charge is 2.18. The molecule has 2 heterocycles. The molecule has 0 spiro atoms. The SMILES string of the molecule is Nc1cc(-c2cc3c(cc2Br)OCO3)no1. The standard InChI is InChI=1S/C10H7BrN2O3/c11-6-2-9-8(14-4-15-9)1-5(6)7-3-10(12)16-13-7/h1-3H,4,12H2. The molecule has 5 nitrogen and oxygen atoms in total. The summed E-state index contributed by atoms with van der Waals surface area (Å²) < 4.78 is 16.2. The minimum atomic E-state index is 0.242. The third-order valence-electron chi connectivity index (χ3n) is 2.27. The van der Waals surface area contributed by atoms with E-state index < -0.39 is 0 Å². The highest BCUT2D eigenvalue weighted by molar-refractivity contribution is 9.10. The first-order valence-electron chi connectivity index (χ1n) is 4.56. The average molecular weight is 283 g/mol. The maximum atomic E-state index is 5.48. The van der Waals surface area contributed by atoms with E-state index in [0.29, 0.717) is 17.2 Å². The van der Waals surface area contributed by atoms with Crippen LogP contribution in [-0.4, -0.2) is 11.9 Å². The summed E-state index contributed by atoms with van der Waals surface area (Å²) >= 11 is 3.44. The fourth-order valence-electron chi connectivity index (χ4n) is 1.53. The van der Waals surface area contributed by atoms with Gasteiger partial charge in [-0.05, 0) is 28.1 Å². The summed E-state index contributed by atoms with van der Waals surface area (Å²) in [6.07, 6.45) is 0. The van der Waals surface area contributed by atoms with Crippen molar-refractivity contribution in [3.05, 3.63) is 22.7 Å². The Morgan fingerprint density at radius 1 is 1.19 bits per heavy atom. The maximum absolute atomic E-state index is 5.48. The van der Waals surface area contributed by atoms with Gasteiger partial charge in [0.25, 0.3) is 0 Å². The second-order valence-electron chi connectivity index (χ2n) is 3.30. The molecule has 1 aliphatic rings. The van der Waals surface area contributed by atoms with Crippen molar-refractivity contribution in [2.45, 2.75) is 0 Å². The van der Waals surface area contributed by atoms with E-state index >= 15 is 0 Å². The molecule has 0 aliphatic carbocycles. The van der Waals surface area contributed by atoms with Crippen LogP contribution in [0.3, 0.4) is 0 Å². The van der Waals surface area contributed by atoms with Crippen molar-refractivity contribution in [2.75, 3.05) is 12.5 Å². The molecule has 1 aliphatic heterocycles. The van der Waals surface area contributed by atoms with E-state index in [-0.39, 0.29) is 12.7 Å². The number of nitrogens with two attached hydrogens (primary N) is 1. The van der Waals surface area contributed by atoms with E-state index in [2.05, 4.69) is 21.1 Å². The van der Waals surface area contributed by atoms with Gasteiger partial charge in [-0.3, -0.25) is 0 Å². The lowest BCUT2D eigenvalue weighted by Gasteiger charge is -2.02. The van der Waals surface area contributed by atoms with E-state index in [0.717, 1.165) is 10.0 Å². The predicted molar refractivity (Wildman–Crippen MR) is 60.2 cm³/mol. The summed E-state index contributed by atoms with van der Waals surface area (Å²) in [5, 5.41) is 3.85. The van der Waals surface area contributed by atoms with Gasteiger partial charge in [0.05, 0.1) is 0 Å². The Morgan fingerprint density at radius 2 is 1.94 bits per heavy atom. The summed E-state index contributed by atoms with van der Waals surface area (Å²) in [5.74, 6) is 1.69. The van der Waals surface area contributed by atoms with E-state index in [1.807, 2.05) is 12.1 Å². The number of halogens is 1. The summed E-state index contributed by atoms with van der Waals surface area (Å²) in [5.41, 5.74) is 6.99. The molecular formula is C10H7BrN2O3. The van der Waals surface area contributed by atoms with E-state index in [1.54, 1.807) is 6.07 Å². The van der Waals surface area contributed by atoms with Gasteiger partial charge < -0.3 is 19.7 Å². The minimum absolute atomic E-state index is 0.242. The number of hydrogen-bond donors (Lipinski definition) is 1. The number of hydrogen-bond acceptors (Lipinski definition) is 5. The lowest BCUT2D eigenvalue weighted by Crippen LogP contribution is -1.92. The van der Waals surface area contributed by atoms with E-state index in [4.69, 9.17) is 19.7 Å². The van der Waals surface area contributed by atoms with Gasteiger partial charge in [0.2, 0.25) is 12.7 Å². The van der Waals surface area contributed by atoms with Gasteiger partial charge in [-0.15, -0.1) is 0 Å². The van der Waals surface area contributed by atoms with Gasteiger partial charge in [-0.1, -0.05) is 5.16 Å². The molecule has 0 radical (unpaired) electrons. The van der Waals surface area contributed by atoms with Gasteiger partial charge in [-0.2, -0.15) is 0 Å². The number of nitrogens with zero attached hydrogens (tertiary/aromatic N) is 1. The molecule has 2 aromatic rings. The molecule has 6 heteroatoms. The van der Waals surface area contributed by atoms with E-state index in [1.165, 1.54) is 0 Å². The van der Waals surface area contributed by atoms with Gasteiger partial charge in [-0.25, -0.2) is 0 Å². The van der Waals surface area contributed by atoms with Crippen LogP contribution in [0.15, 0.2) is 27.2 Å². The molecule has 0 saturated heterocycles. The van der Waals surface area contributed by atoms with Crippen LogP contribution in [0.25, 0.3) is 11.3 Å². The van der Waals surface area contributed by atoms with Crippen LogP contribution >= 0.6 is 15.9 Å². The normalized spacial score (nSPS) is 13.1. The van der Waals surface area contributed by atoms with Crippen LogP contribution < -0.4 is 15.2 Å². The van der Waals surface area contributed by atoms with Crippen molar-refractivity contribution in [3.8, 4) is 22.8 Å². The molecule has 1 aromatic heterocycles. The molecular weight excluding hydrogens is 276 g/mol. The molecule has 3 rings (SSSR count). The Hall–Kier alpha value is -1.69. The molecule has 16 heavy (non-hydrogen) atoms. The van der Waals surface area contributed by atoms with Crippen LogP contribution in [0.4, 0.5) is 5.88 Å². The van der Waals surface area contributed by atoms with Crippen LogP contribution in [0.2, 0.25) is 0 Å². The smallest absolute Gasteiger partial charge is 0.231 e. The zero-order valence-electron chi connectivity index (χ0n) is 8.07. The summed E-state index contributed by atoms with van der Waals surface area (Å²) in [7, 11) is 0. The van der Waals surface area contributed by atoms with Crippen LogP contribution in [-0.2, 0) is 0 Å². The number of benzene rings is 1. The lowest BCUT2D eigenvalue weighted by molar-refractivity contribution is 0.174. The third-order valence-corrected chi connectivity index (χ3v) is 2.92. The molecule has 2 N–H and O–H groups in total. The zero-order chi connectivity index (χ0) is 11.1. The highest BCUT2D eigenvalue weighted by atomic mass is 79.9. The first kappa shape index (κ1) is 9.53. The second kappa shape index (κ2) is 3.41. The number of nitrogen functional groups attached to an aromatic ring is 1. The third kappa shape index (κ3) is 1.42. The fourth-order valence-corrected chi connectivity index (χ4v) is 2.06. The number of anilines is 1. The van der Waals surface area contributed by atoms with E-state index in [9.17, 15) is 0 Å². The Morgan fingerprint density at radius 3 is 2.62 bits per heavy atom. The van der Waals surface area contributed by atoms with Gasteiger partial charge in [0.15, 0.2) is 11.5 Å². The van der Waals surface area contributed by atoms with Crippen LogP contribution in [0.1, 0.15) is 0 Å².